The second kappa shape index (κ2) is 11.6. The first-order valence-electron chi connectivity index (χ1n) is 12.2. The number of amides is 2. The Bertz CT molecular complexity index is 1280. The van der Waals surface area contributed by atoms with Crippen LogP contribution in [0.4, 0.5) is 16.2 Å². The molecule has 37 heavy (non-hydrogen) atoms. The lowest BCUT2D eigenvalue weighted by atomic mass is 9.90. The number of hydrogen-bond donors (Lipinski definition) is 3. The van der Waals surface area contributed by atoms with Crippen molar-refractivity contribution in [3.05, 3.63) is 94.5 Å². The molecule has 192 valence electrons. The van der Waals surface area contributed by atoms with E-state index in [1.807, 2.05) is 81.4 Å². The fourth-order valence-corrected chi connectivity index (χ4v) is 4.21. The van der Waals surface area contributed by atoms with Gasteiger partial charge in [-0.25, -0.2) is 4.79 Å². The van der Waals surface area contributed by atoms with Crippen LogP contribution in [0.2, 0.25) is 5.02 Å². The zero-order valence-corrected chi connectivity index (χ0v) is 21.9. The Morgan fingerprint density at radius 2 is 1.76 bits per heavy atom. The number of benzene rings is 3. The summed E-state index contributed by atoms with van der Waals surface area (Å²) in [4.78, 5) is 29.6. The predicted molar refractivity (Wildman–Crippen MR) is 148 cm³/mol. The van der Waals surface area contributed by atoms with Crippen molar-refractivity contribution in [3.8, 4) is 0 Å². The van der Waals surface area contributed by atoms with Crippen molar-refractivity contribution < 1.29 is 14.3 Å². The van der Waals surface area contributed by atoms with Gasteiger partial charge in [0, 0.05) is 30.3 Å². The molecule has 0 saturated carbocycles. The van der Waals surface area contributed by atoms with Crippen LogP contribution < -0.4 is 16.0 Å². The van der Waals surface area contributed by atoms with Crippen LogP contribution in [-0.2, 0) is 16.1 Å². The first-order chi connectivity index (χ1) is 17.7. The Hall–Kier alpha value is -3.68. The smallest absolute Gasteiger partial charge is 0.407 e. The fourth-order valence-electron chi connectivity index (χ4n) is 4.04. The van der Waals surface area contributed by atoms with E-state index in [1.54, 1.807) is 12.1 Å². The van der Waals surface area contributed by atoms with E-state index in [0.717, 1.165) is 22.4 Å². The molecule has 0 radical (unpaired) electrons. The topological polar surface area (TPSA) is 91.8 Å². The molecular weight excluding hydrogens is 488 g/mol. The van der Waals surface area contributed by atoms with E-state index >= 15 is 0 Å². The van der Waals surface area contributed by atoms with Gasteiger partial charge in [-0.1, -0.05) is 60.1 Å². The molecular formula is C29H31ClN4O3. The zero-order valence-electron chi connectivity index (χ0n) is 21.2. The summed E-state index contributed by atoms with van der Waals surface area (Å²) in [6, 6.07) is 23.1. The van der Waals surface area contributed by atoms with E-state index in [-0.39, 0.29) is 5.91 Å². The Labute approximate surface area is 222 Å². The molecule has 1 heterocycles. The predicted octanol–water partition coefficient (Wildman–Crippen LogP) is 5.81. The van der Waals surface area contributed by atoms with Gasteiger partial charge in [0.1, 0.15) is 11.5 Å². The second-order valence-corrected chi connectivity index (χ2v) is 10.2. The van der Waals surface area contributed by atoms with Crippen LogP contribution in [0.15, 0.2) is 77.8 Å². The number of halogens is 1. The highest BCUT2D eigenvalue weighted by Gasteiger charge is 2.35. The molecule has 0 fully saturated rings. The third kappa shape index (κ3) is 7.18. The van der Waals surface area contributed by atoms with Crippen molar-refractivity contribution in [2.24, 2.45) is 4.99 Å². The van der Waals surface area contributed by atoms with Crippen molar-refractivity contribution in [1.29, 1.82) is 0 Å². The maximum atomic E-state index is 13.0. The van der Waals surface area contributed by atoms with Crippen LogP contribution in [0.1, 0.15) is 43.4 Å². The first-order valence-corrected chi connectivity index (χ1v) is 12.6. The molecule has 0 aromatic heterocycles. The van der Waals surface area contributed by atoms with Crippen molar-refractivity contribution in [1.82, 2.24) is 10.6 Å². The molecule has 0 spiro atoms. The molecule has 1 aliphatic heterocycles. The number of alkyl carbamates (subject to hydrolysis) is 1. The summed E-state index contributed by atoms with van der Waals surface area (Å²) in [6.07, 6.45) is -0.424. The Balaban J connectivity index is 1.44. The number of rotatable bonds is 8. The van der Waals surface area contributed by atoms with Gasteiger partial charge < -0.3 is 20.7 Å². The number of carbonyl (C=O) groups excluding carboxylic acids is 2. The van der Waals surface area contributed by atoms with Crippen molar-refractivity contribution in [2.45, 2.75) is 38.8 Å². The summed E-state index contributed by atoms with van der Waals surface area (Å²) in [7, 11) is 0. The molecule has 0 saturated heterocycles. The fraction of sp³-hybridized carbons (Fsp3) is 0.276. The van der Waals surface area contributed by atoms with Gasteiger partial charge in [0.25, 0.3) is 0 Å². The highest BCUT2D eigenvalue weighted by atomic mass is 35.5. The standard InChI is InChI=1S/C29H31ClN4O3/c1-29(2,3)37-28(36)32-16-15-31-18-19-9-12-22(13-10-19)33-26(20-7-5-4-6-8-20)25-23-14-11-21(30)17-24(23)34-27(25)35/h4-14,17,25,31H,15-16,18H2,1-3H3,(H,32,36)(H,34,35). The lowest BCUT2D eigenvalue weighted by Gasteiger charge is -2.19. The van der Waals surface area contributed by atoms with Crippen LogP contribution in [0, 0.1) is 0 Å². The summed E-state index contributed by atoms with van der Waals surface area (Å²) in [6.45, 7) is 7.21. The summed E-state index contributed by atoms with van der Waals surface area (Å²) < 4.78 is 5.23. The lowest BCUT2D eigenvalue weighted by Crippen LogP contribution is -2.36. The number of hydrogen-bond acceptors (Lipinski definition) is 5. The minimum absolute atomic E-state index is 0.124. The molecule has 1 atom stereocenters. The minimum atomic E-state index is -0.534. The van der Waals surface area contributed by atoms with Gasteiger partial charge in [-0.15, -0.1) is 0 Å². The number of ether oxygens (including phenoxy) is 1. The monoisotopic (exact) mass is 518 g/mol. The highest BCUT2D eigenvalue weighted by molar-refractivity contribution is 6.31. The molecule has 0 aliphatic carbocycles. The van der Waals surface area contributed by atoms with E-state index in [4.69, 9.17) is 21.3 Å². The van der Waals surface area contributed by atoms with Gasteiger partial charge in [-0.05, 0) is 61.7 Å². The first kappa shape index (κ1) is 26.4. The Morgan fingerprint density at radius 1 is 1.03 bits per heavy atom. The Morgan fingerprint density at radius 3 is 2.46 bits per heavy atom. The summed E-state index contributed by atoms with van der Waals surface area (Å²) in [5, 5.41) is 9.54. The molecule has 0 bridgehead atoms. The van der Waals surface area contributed by atoms with Crippen molar-refractivity contribution in [3.63, 3.8) is 0 Å². The SMILES string of the molecule is CC(C)(C)OC(=O)NCCNCc1ccc(N=C(c2ccccc2)C2C(=O)Nc3cc(Cl)ccc32)cc1. The van der Waals surface area contributed by atoms with E-state index < -0.39 is 17.6 Å². The van der Waals surface area contributed by atoms with Gasteiger partial charge in [-0.2, -0.15) is 0 Å². The minimum Gasteiger partial charge on any atom is -0.444 e. The second-order valence-electron chi connectivity index (χ2n) is 9.79. The van der Waals surface area contributed by atoms with E-state index in [9.17, 15) is 9.59 Å². The Kier molecular flexibility index (Phi) is 8.26. The van der Waals surface area contributed by atoms with Gasteiger partial charge in [0.05, 0.1) is 11.4 Å². The number of carbonyl (C=O) groups is 2. The van der Waals surface area contributed by atoms with E-state index in [1.165, 1.54) is 0 Å². The molecule has 3 aromatic carbocycles. The molecule has 7 nitrogen and oxygen atoms in total. The third-order valence-corrected chi connectivity index (χ3v) is 5.91. The number of fused-ring (bicyclic) bond motifs is 1. The molecule has 3 N–H and O–H groups in total. The molecule has 2 amide bonds. The number of anilines is 1. The largest absolute Gasteiger partial charge is 0.444 e. The molecule has 3 aromatic rings. The summed E-state index contributed by atoms with van der Waals surface area (Å²) in [5.74, 6) is -0.658. The normalized spacial score (nSPS) is 15.2. The van der Waals surface area contributed by atoms with Gasteiger partial charge >= 0.3 is 6.09 Å². The van der Waals surface area contributed by atoms with E-state index in [0.29, 0.717) is 36.1 Å². The van der Waals surface area contributed by atoms with Crippen molar-refractivity contribution in [2.75, 3.05) is 18.4 Å². The van der Waals surface area contributed by atoms with Crippen LogP contribution in [0.25, 0.3) is 0 Å². The molecule has 4 rings (SSSR count). The van der Waals surface area contributed by atoms with Crippen LogP contribution >= 0.6 is 11.6 Å². The van der Waals surface area contributed by atoms with Gasteiger partial charge in [-0.3, -0.25) is 9.79 Å². The lowest BCUT2D eigenvalue weighted by molar-refractivity contribution is -0.115. The number of nitrogens with one attached hydrogen (secondary N) is 3. The summed E-state index contributed by atoms with van der Waals surface area (Å²) >= 11 is 6.14. The molecule has 8 heteroatoms. The van der Waals surface area contributed by atoms with Crippen LogP contribution in [0.5, 0.6) is 0 Å². The number of nitrogens with zero attached hydrogens (tertiary/aromatic N) is 1. The van der Waals surface area contributed by atoms with Crippen LogP contribution in [-0.4, -0.2) is 36.4 Å². The molecule has 1 aliphatic rings. The van der Waals surface area contributed by atoms with E-state index in [2.05, 4.69) is 16.0 Å². The van der Waals surface area contributed by atoms with Crippen LogP contribution in [0.3, 0.4) is 0 Å². The van der Waals surface area contributed by atoms with Crippen molar-refractivity contribution >= 4 is 40.7 Å². The van der Waals surface area contributed by atoms with Gasteiger partial charge in [0.15, 0.2) is 0 Å². The summed E-state index contributed by atoms with van der Waals surface area (Å²) in [5.41, 5.74) is 4.46. The zero-order chi connectivity index (χ0) is 26.4. The highest BCUT2D eigenvalue weighted by Crippen LogP contribution is 2.37. The van der Waals surface area contributed by atoms with Gasteiger partial charge in [0.2, 0.25) is 5.91 Å². The maximum Gasteiger partial charge on any atom is 0.407 e. The molecule has 1 unspecified atom stereocenters. The average Bonchev–Trinajstić information content (AvgIpc) is 3.17. The maximum absolute atomic E-state index is 13.0. The average molecular weight is 519 g/mol. The quantitative estimate of drug-likeness (QED) is 0.259. The third-order valence-electron chi connectivity index (χ3n) is 5.67. The number of aliphatic imine (C=N–C) groups is 1.